The third-order valence-electron chi connectivity index (χ3n) is 2.09. The molecule has 0 aliphatic carbocycles. The number of carbonyl (C=O) groups excluding carboxylic acids is 1. The third kappa shape index (κ3) is 5.09. The molecule has 0 spiro atoms. The lowest BCUT2D eigenvalue weighted by atomic mass is 10.2. The minimum Gasteiger partial charge on any atom is -0.330 e. The number of rotatable bonds is 6. The molecule has 1 aromatic rings. The van der Waals surface area contributed by atoms with Crippen molar-refractivity contribution in [2.24, 2.45) is 5.73 Å². The average Bonchev–Trinajstić information content (AvgIpc) is 2.24. The van der Waals surface area contributed by atoms with Crippen LogP contribution in [0.15, 0.2) is 18.2 Å². The summed E-state index contributed by atoms with van der Waals surface area (Å²) in [6.07, 6.45) is 3.29. The van der Waals surface area contributed by atoms with Crippen molar-refractivity contribution < 1.29 is 4.79 Å². The Labute approximate surface area is 100 Å². The summed E-state index contributed by atoms with van der Waals surface area (Å²) >= 11 is 5.70. The summed E-state index contributed by atoms with van der Waals surface area (Å²) in [6.45, 7) is 0.678. The van der Waals surface area contributed by atoms with Gasteiger partial charge in [0.05, 0.1) is 0 Å². The summed E-state index contributed by atoms with van der Waals surface area (Å²) < 4.78 is 0. The molecule has 0 bridgehead atoms. The Morgan fingerprint density at radius 3 is 2.88 bits per heavy atom. The van der Waals surface area contributed by atoms with Crippen LogP contribution in [0.2, 0.25) is 5.15 Å². The lowest BCUT2D eigenvalue weighted by Gasteiger charge is -2.04. The summed E-state index contributed by atoms with van der Waals surface area (Å²) in [4.78, 5) is 15.4. The zero-order valence-corrected chi connectivity index (χ0v) is 9.83. The van der Waals surface area contributed by atoms with Crippen molar-refractivity contribution in [1.29, 1.82) is 0 Å². The smallest absolute Gasteiger partial charge is 0.225 e. The largest absolute Gasteiger partial charge is 0.330 e. The molecule has 1 rings (SSSR count). The SMILES string of the molecule is NCCCCCC(=O)Nc1cccc(Cl)n1. The van der Waals surface area contributed by atoms with Gasteiger partial charge in [-0.25, -0.2) is 4.98 Å². The highest BCUT2D eigenvalue weighted by atomic mass is 35.5. The number of aromatic nitrogens is 1. The predicted molar refractivity (Wildman–Crippen MR) is 65.4 cm³/mol. The van der Waals surface area contributed by atoms with Crippen molar-refractivity contribution in [2.75, 3.05) is 11.9 Å². The molecule has 0 atom stereocenters. The quantitative estimate of drug-likeness (QED) is 0.593. The van der Waals surface area contributed by atoms with Gasteiger partial charge < -0.3 is 11.1 Å². The van der Waals surface area contributed by atoms with E-state index in [1.165, 1.54) is 0 Å². The maximum Gasteiger partial charge on any atom is 0.225 e. The van der Waals surface area contributed by atoms with Crippen LogP contribution in [0.25, 0.3) is 0 Å². The van der Waals surface area contributed by atoms with Gasteiger partial charge in [-0.05, 0) is 31.5 Å². The van der Waals surface area contributed by atoms with Crippen LogP contribution < -0.4 is 11.1 Å². The van der Waals surface area contributed by atoms with E-state index in [9.17, 15) is 4.79 Å². The van der Waals surface area contributed by atoms with E-state index >= 15 is 0 Å². The Hall–Kier alpha value is -1.13. The van der Waals surface area contributed by atoms with Crippen LogP contribution >= 0.6 is 11.6 Å². The van der Waals surface area contributed by atoms with Gasteiger partial charge in [0.2, 0.25) is 5.91 Å². The summed E-state index contributed by atoms with van der Waals surface area (Å²) in [5.41, 5.74) is 5.36. The van der Waals surface area contributed by atoms with Gasteiger partial charge in [-0.3, -0.25) is 4.79 Å². The molecule has 88 valence electrons. The number of hydrogen-bond acceptors (Lipinski definition) is 3. The van der Waals surface area contributed by atoms with Crippen molar-refractivity contribution >= 4 is 23.3 Å². The number of hydrogen-bond donors (Lipinski definition) is 2. The zero-order chi connectivity index (χ0) is 11.8. The highest BCUT2D eigenvalue weighted by Crippen LogP contribution is 2.10. The highest BCUT2D eigenvalue weighted by molar-refractivity contribution is 6.29. The summed E-state index contributed by atoms with van der Waals surface area (Å²) in [7, 11) is 0. The minimum atomic E-state index is -0.0354. The molecule has 1 heterocycles. The number of unbranched alkanes of at least 4 members (excludes halogenated alkanes) is 2. The van der Waals surface area contributed by atoms with Gasteiger partial charge in [0.1, 0.15) is 11.0 Å². The normalized spacial score (nSPS) is 10.1. The Balaban J connectivity index is 2.29. The molecule has 5 heteroatoms. The van der Waals surface area contributed by atoms with Crippen LogP contribution in [0, 0.1) is 0 Å². The fourth-order valence-electron chi connectivity index (χ4n) is 1.29. The van der Waals surface area contributed by atoms with Gasteiger partial charge >= 0.3 is 0 Å². The maximum atomic E-state index is 11.5. The van der Waals surface area contributed by atoms with Gasteiger partial charge in [0.15, 0.2) is 0 Å². The van der Waals surface area contributed by atoms with Crippen molar-refractivity contribution in [3.63, 3.8) is 0 Å². The molecule has 0 saturated heterocycles. The Morgan fingerprint density at radius 1 is 1.38 bits per heavy atom. The summed E-state index contributed by atoms with van der Waals surface area (Å²) in [6, 6.07) is 5.13. The van der Waals surface area contributed by atoms with E-state index in [-0.39, 0.29) is 5.91 Å². The third-order valence-corrected chi connectivity index (χ3v) is 2.30. The second kappa shape index (κ2) is 7.19. The first-order valence-corrected chi connectivity index (χ1v) is 5.72. The fourth-order valence-corrected chi connectivity index (χ4v) is 1.45. The molecule has 0 fully saturated rings. The number of pyridine rings is 1. The zero-order valence-electron chi connectivity index (χ0n) is 9.08. The molecule has 1 amide bonds. The molecule has 0 aromatic carbocycles. The Bertz CT molecular complexity index is 344. The molecular weight excluding hydrogens is 226 g/mol. The lowest BCUT2D eigenvalue weighted by Crippen LogP contribution is -2.12. The van der Waals surface area contributed by atoms with E-state index in [1.807, 2.05) is 0 Å². The van der Waals surface area contributed by atoms with E-state index in [0.717, 1.165) is 19.3 Å². The molecule has 16 heavy (non-hydrogen) atoms. The van der Waals surface area contributed by atoms with E-state index in [2.05, 4.69) is 10.3 Å². The van der Waals surface area contributed by atoms with E-state index in [0.29, 0.717) is 23.9 Å². The molecule has 0 unspecified atom stereocenters. The number of nitrogens with zero attached hydrogens (tertiary/aromatic N) is 1. The second-order valence-electron chi connectivity index (χ2n) is 3.49. The van der Waals surface area contributed by atoms with Crippen molar-refractivity contribution in [2.45, 2.75) is 25.7 Å². The van der Waals surface area contributed by atoms with Gasteiger partial charge in [0, 0.05) is 6.42 Å². The topological polar surface area (TPSA) is 68.0 Å². The molecule has 4 nitrogen and oxygen atoms in total. The van der Waals surface area contributed by atoms with Gasteiger partial charge in [0.25, 0.3) is 0 Å². The first kappa shape index (κ1) is 12.9. The standard InChI is InChI=1S/C11H16ClN3O/c12-9-5-4-6-10(14-9)15-11(16)7-2-1-3-8-13/h4-6H,1-3,7-8,13H2,(H,14,15,16). The molecule has 0 radical (unpaired) electrons. The van der Waals surface area contributed by atoms with Gasteiger partial charge in [-0.1, -0.05) is 24.1 Å². The minimum absolute atomic E-state index is 0.0354. The number of amides is 1. The summed E-state index contributed by atoms with van der Waals surface area (Å²) in [5.74, 6) is 0.461. The predicted octanol–water partition coefficient (Wildman–Crippen LogP) is 2.19. The number of halogens is 1. The Morgan fingerprint density at radius 2 is 2.19 bits per heavy atom. The monoisotopic (exact) mass is 241 g/mol. The number of anilines is 1. The number of nitrogens with one attached hydrogen (secondary N) is 1. The van der Waals surface area contributed by atoms with Gasteiger partial charge in [-0.2, -0.15) is 0 Å². The Kier molecular flexibility index (Phi) is 5.82. The number of nitrogens with two attached hydrogens (primary N) is 1. The fraction of sp³-hybridized carbons (Fsp3) is 0.455. The van der Waals surface area contributed by atoms with Crippen LogP contribution in [0.1, 0.15) is 25.7 Å². The van der Waals surface area contributed by atoms with Crippen molar-refractivity contribution in [1.82, 2.24) is 4.98 Å². The molecule has 1 aromatic heterocycles. The van der Waals surface area contributed by atoms with Crippen LogP contribution in [-0.4, -0.2) is 17.4 Å². The van der Waals surface area contributed by atoms with Gasteiger partial charge in [-0.15, -0.1) is 0 Å². The molecule has 0 aliphatic rings. The maximum absolute atomic E-state index is 11.5. The molecule has 0 aliphatic heterocycles. The molecule has 3 N–H and O–H groups in total. The first-order valence-electron chi connectivity index (χ1n) is 5.35. The molecular formula is C11H16ClN3O. The van der Waals surface area contributed by atoms with E-state index < -0.39 is 0 Å². The second-order valence-corrected chi connectivity index (χ2v) is 3.88. The van der Waals surface area contributed by atoms with E-state index in [1.54, 1.807) is 18.2 Å². The van der Waals surface area contributed by atoms with Crippen LogP contribution in [0.4, 0.5) is 5.82 Å². The van der Waals surface area contributed by atoms with Crippen molar-refractivity contribution in [3.05, 3.63) is 23.4 Å². The summed E-state index contributed by atoms with van der Waals surface area (Å²) in [5, 5.41) is 3.07. The average molecular weight is 242 g/mol. The first-order chi connectivity index (χ1) is 7.72. The van der Waals surface area contributed by atoms with Crippen LogP contribution in [0.5, 0.6) is 0 Å². The molecule has 0 saturated carbocycles. The lowest BCUT2D eigenvalue weighted by molar-refractivity contribution is -0.116. The van der Waals surface area contributed by atoms with Crippen LogP contribution in [0.3, 0.4) is 0 Å². The number of carbonyl (C=O) groups is 1. The van der Waals surface area contributed by atoms with Crippen LogP contribution in [-0.2, 0) is 4.79 Å². The van der Waals surface area contributed by atoms with Crippen molar-refractivity contribution in [3.8, 4) is 0 Å². The van der Waals surface area contributed by atoms with E-state index in [4.69, 9.17) is 17.3 Å². The highest BCUT2D eigenvalue weighted by Gasteiger charge is 2.03.